The first-order valence-electron chi connectivity index (χ1n) is 16.6. The van der Waals surface area contributed by atoms with E-state index in [1.165, 1.54) is 87.5 Å². The fourth-order valence-electron chi connectivity index (χ4n) is 5.18. The monoisotopic (exact) mass is 688 g/mol. The standard InChI is InChI=1S/C37H56N2O3S.BrH/c1-6-7-8-9-10-11-12-13-14-15-16-17-24-41-35-25-32(37(3,4)5)20-23-34(35)42-27-36(40)38-33-21-18-31(19-22-33)26-39-29-43-28-30(39)2;/h18-23,25,28H,6-17,24,26-27,29H2,1-5H3,(H,38,40);1H. The highest BCUT2D eigenvalue weighted by Gasteiger charge is 2.18. The quantitative estimate of drug-likeness (QED) is 0.140. The molecule has 246 valence electrons. The summed E-state index contributed by atoms with van der Waals surface area (Å²) < 4.78 is 12.2. The maximum Gasteiger partial charge on any atom is 0.262 e. The molecule has 0 saturated carbocycles. The van der Waals surface area contributed by atoms with Gasteiger partial charge in [-0.3, -0.25) is 4.79 Å². The number of rotatable bonds is 20. The normalized spacial score (nSPS) is 12.9. The molecular weight excluding hydrogens is 632 g/mol. The second kappa shape index (κ2) is 20.8. The predicted octanol–water partition coefficient (Wildman–Crippen LogP) is 11.0. The van der Waals surface area contributed by atoms with Gasteiger partial charge in [-0.15, -0.1) is 28.7 Å². The molecular formula is C37H57BrN2O3S. The van der Waals surface area contributed by atoms with E-state index in [1.807, 2.05) is 30.0 Å². The van der Waals surface area contributed by atoms with E-state index in [4.69, 9.17) is 9.47 Å². The SMILES string of the molecule is Br.CCCCCCCCCCCCCCOc1cc(C(C)(C)C)ccc1OCC(=O)Nc1ccc(CN2CSC=C2C)cc1. The van der Waals surface area contributed by atoms with Gasteiger partial charge in [-0.1, -0.05) is 117 Å². The Morgan fingerprint density at radius 1 is 0.841 bits per heavy atom. The second-order valence-electron chi connectivity index (χ2n) is 12.9. The van der Waals surface area contributed by atoms with Crippen LogP contribution in [0.25, 0.3) is 0 Å². The van der Waals surface area contributed by atoms with E-state index < -0.39 is 0 Å². The highest BCUT2D eigenvalue weighted by atomic mass is 79.9. The summed E-state index contributed by atoms with van der Waals surface area (Å²) in [5.41, 5.74) is 4.48. The Balaban J connectivity index is 0.00000675. The topological polar surface area (TPSA) is 50.8 Å². The Labute approximate surface area is 282 Å². The molecule has 1 aliphatic heterocycles. The molecule has 0 spiro atoms. The molecule has 3 rings (SSSR count). The van der Waals surface area contributed by atoms with Crippen LogP contribution in [0.4, 0.5) is 5.69 Å². The van der Waals surface area contributed by atoms with Gasteiger partial charge in [0.1, 0.15) is 0 Å². The molecule has 1 aliphatic rings. The second-order valence-corrected chi connectivity index (χ2v) is 13.8. The van der Waals surface area contributed by atoms with Crippen LogP contribution in [0.2, 0.25) is 0 Å². The summed E-state index contributed by atoms with van der Waals surface area (Å²) in [6, 6.07) is 14.1. The summed E-state index contributed by atoms with van der Waals surface area (Å²) in [5.74, 6) is 2.14. The Bertz CT molecular complexity index is 1130. The van der Waals surface area contributed by atoms with Crippen LogP contribution < -0.4 is 14.8 Å². The average molecular weight is 690 g/mol. The number of hydrogen-bond donors (Lipinski definition) is 1. The van der Waals surface area contributed by atoms with Gasteiger partial charge in [0.05, 0.1) is 12.5 Å². The van der Waals surface area contributed by atoms with Crippen molar-refractivity contribution in [2.24, 2.45) is 0 Å². The number of nitrogens with one attached hydrogen (secondary N) is 1. The molecule has 44 heavy (non-hydrogen) atoms. The van der Waals surface area contributed by atoms with Gasteiger partial charge in [-0.2, -0.15) is 0 Å². The Kier molecular flexibility index (Phi) is 18.0. The number of nitrogens with zero attached hydrogens (tertiary/aromatic N) is 1. The van der Waals surface area contributed by atoms with Crippen molar-refractivity contribution in [2.75, 3.05) is 24.4 Å². The molecule has 0 atom stereocenters. The summed E-state index contributed by atoms with van der Waals surface area (Å²) in [6.45, 7) is 12.5. The zero-order valence-corrected chi connectivity index (χ0v) is 30.5. The lowest BCUT2D eigenvalue weighted by molar-refractivity contribution is -0.118. The lowest BCUT2D eigenvalue weighted by atomic mass is 9.87. The van der Waals surface area contributed by atoms with Gasteiger partial charge >= 0.3 is 0 Å². The molecule has 0 radical (unpaired) electrons. The fraction of sp³-hybridized carbons (Fsp3) is 0.595. The van der Waals surface area contributed by atoms with Crippen molar-refractivity contribution in [2.45, 2.75) is 124 Å². The first-order chi connectivity index (χ1) is 20.8. The number of hydrogen-bond acceptors (Lipinski definition) is 5. The number of halogens is 1. The van der Waals surface area contributed by atoms with Crippen LogP contribution in [-0.2, 0) is 16.8 Å². The number of allylic oxidation sites excluding steroid dienone is 1. The Morgan fingerprint density at radius 2 is 1.45 bits per heavy atom. The van der Waals surface area contributed by atoms with Crippen molar-refractivity contribution in [3.63, 3.8) is 0 Å². The van der Waals surface area contributed by atoms with Gasteiger partial charge in [0.15, 0.2) is 18.1 Å². The molecule has 1 amide bonds. The summed E-state index contributed by atoms with van der Waals surface area (Å²) in [5, 5.41) is 5.15. The van der Waals surface area contributed by atoms with Crippen molar-refractivity contribution in [3.8, 4) is 11.5 Å². The highest BCUT2D eigenvalue weighted by Crippen LogP contribution is 2.34. The van der Waals surface area contributed by atoms with Crippen molar-refractivity contribution in [1.29, 1.82) is 0 Å². The zero-order valence-electron chi connectivity index (χ0n) is 27.9. The van der Waals surface area contributed by atoms with Gasteiger partial charge in [0, 0.05) is 17.9 Å². The van der Waals surface area contributed by atoms with Crippen LogP contribution in [0.3, 0.4) is 0 Å². The van der Waals surface area contributed by atoms with Crippen LogP contribution in [-0.4, -0.2) is 29.9 Å². The smallest absolute Gasteiger partial charge is 0.262 e. The molecule has 2 aromatic carbocycles. The van der Waals surface area contributed by atoms with Crippen molar-refractivity contribution >= 4 is 40.3 Å². The summed E-state index contributed by atoms with van der Waals surface area (Å²) >= 11 is 1.82. The lowest BCUT2D eigenvalue weighted by Crippen LogP contribution is -2.21. The van der Waals surface area contributed by atoms with Gasteiger partial charge in [-0.05, 0) is 59.6 Å². The molecule has 0 aliphatic carbocycles. The molecule has 5 nitrogen and oxygen atoms in total. The van der Waals surface area contributed by atoms with Crippen LogP contribution in [0.15, 0.2) is 53.6 Å². The third kappa shape index (κ3) is 14.3. The van der Waals surface area contributed by atoms with Crippen molar-refractivity contribution in [3.05, 3.63) is 64.7 Å². The first kappa shape index (κ1) is 38.1. The van der Waals surface area contributed by atoms with Gasteiger partial charge < -0.3 is 19.7 Å². The average Bonchev–Trinajstić information content (AvgIpc) is 3.39. The van der Waals surface area contributed by atoms with E-state index in [9.17, 15) is 4.79 Å². The van der Waals surface area contributed by atoms with Crippen LogP contribution in [0, 0.1) is 0 Å². The molecule has 0 aromatic heterocycles. The zero-order chi connectivity index (χ0) is 30.9. The van der Waals surface area contributed by atoms with E-state index in [1.54, 1.807) is 0 Å². The molecule has 0 unspecified atom stereocenters. The molecule has 1 N–H and O–H groups in total. The molecule has 0 bridgehead atoms. The number of thioether (sulfide) groups is 1. The summed E-state index contributed by atoms with van der Waals surface area (Å²) in [6.07, 6.45) is 15.8. The maximum absolute atomic E-state index is 12.7. The van der Waals surface area contributed by atoms with Crippen molar-refractivity contribution < 1.29 is 14.3 Å². The number of anilines is 1. The minimum Gasteiger partial charge on any atom is -0.490 e. The number of carbonyl (C=O) groups is 1. The van der Waals surface area contributed by atoms with E-state index in [0.717, 1.165) is 30.3 Å². The minimum absolute atomic E-state index is 0. The van der Waals surface area contributed by atoms with E-state index in [0.29, 0.717) is 12.4 Å². The number of unbranched alkanes of at least 4 members (excludes halogenated alkanes) is 11. The Morgan fingerprint density at radius 3 is 2.02 bits per heavy atom. The van der Waals surface area contributed by atoms with Crippen molar-refractivity contribution in [1.82, 2.24) is 4.90 Å². The predicted molar refractivity (Wildman–Crippen MR) is 194 cm³/mol. The fourth-order valence-corrected chi connectivity index (χ4v) is 6.12. The molecule has 1 heterocycles. The minimum atomic E-state index is -0.186. The number of benzene rings is 2. The van der Waals surface area contributed by atoms with Crippen LogP contribution in [0.5, 0.6) is 11.5 Å². The van der Waals surface area contributed by atoms with Gasteiger partial charge in [0.25, 0.3) is 5.91 Å². The molecule has 0 saturated heterocycles. The summed E-state index contributed by atoms with van der Waals surface area (Å²) in [4.78, 5) is 15.1. The number of amides is 1. The van der Waals surface area contributed by atoms with Gasteiger partial charge in [0.2, 0.25) is 0 Å². The van der Waals surface area contributed by atoms with Gasteiger partial charge in [-0.25, -0.2) is 0 Å². The maximum atomic E-state index is 12.7. The lowest BCUT2D eigenvalue weighted by Gasteiger charge is -2.21. The largest absolute Gasteiger partial charge is 0.490 e. The third-order valence-electron chi connectivity index (χ3n) is 8.02. The highest BCUT2D eigenvalue weighted by molar-refractivity contribution is 8.93. The van der Waals surface area contributed by atoms with E-state index in [-0.39, 0.29) is 34.9 Å². The molecule has 2 aromatic rings. The number of ether oxygens (including phenoxy) is 2. The van der Waals surface area contributed by atoms with E-state index in [2.05, 4.69) is 74.5 Å². The van der Waals surface area contributed by atoms with E-state index >= 15 is 0 Å². The summed E-state index contributed by atoms with van der Waals surface area (Å²) in [7, 11) is 0. The molecule has 0 fully saturated rings. The first-order valence-corrected chi connectivity index (χ1v) is 17.6. The van der Waals surface area contributed by atoms with Crippen LogP contribution in [0.1, 0.15) is 123 Å². The third-order valence-corrected chi connectivity index (χ3v) is 8.99. The molecule has 7 heteroatoms. The van der Waals surface area contributed by atoms with Crippen LogP contribution >= 0.6 is 28.7 Å². The number of carbonyl (C=O) groups excluding carboxylic acids is 1. The Hall–Kier alpha value is -2.12.